The topological polar surface area (TPSA) is 75.9 Å². The molecule has 0 saturated heterocycles. The highest BCUT2D eigenvalue weighted by Gasteiger charge is 2.26. The zero-order valence-electron chi connectivity index (χ0n) is 14.3. The van der Waals surface area contributed by atoms with Crippen molar-refractivity contribution in [1.82, 2.24) is 24.6 Å². The van der Waals surface area contributed by atoms with Gasteiger partial charge in [0.25, 0.3) is 5.91 Å². The van der Waals surface area contributed by atoms with E-state index in [1.54, 1.807) is 18.5 Å². The molecule has 1 atom stereocenters. The number of nitrogens with one attached hydrogen (secondary N) is 1. The summed E-state index contributed by atoms with van der Waals surface area (Å²) in [4.78, 5) is 23.9. The van der Waals surface area contributed by atoms with E-state index in [0.29, 0.717) is 18.4 Å². The van der Waals surface area contributed by atoms with Gasteiger partial charge in [-0.25, -0.2) is 9.97 Å². The van der Waals surface area contributed by atoms with Crippen LogP contribution in [-0.4, -0.2) is 43.6 Å². The van der Waals surface area contributed by atoms with Gasteiger partial charge in [0.15, 0.2) is 0 Å². The van der Waals surface area contributed by atoms with Crippen LogP contribution >= 0.6 is 11.3 Å². The van der Waals surface area contributed by atoms with Crippen LogP contribution in [0.15, 0.2) is 48.2 Å². The van der Waals surface area contributed by atoms with Gasteiger partial charge in [-0.05, 0) is 35.9 Å². The van der Waals surface area contributed by atoms with Crippen LogP contribution in [-0.2, 0) is 13.1 Å². The third-order valence-electron chi connectivity index (χ3n) is 4.49. The van der Waals surface area contributed by atoms with E-state index in [2.05, 4.69) is 20.4 Å². The van der Waals surface area contributed by atoms with Gasteiger partial charge in [0.2, 0.25) is 5.95 Å². The first-order valence-electron chi connectivity index (χ1n) is 8.64. The zero-order chi connectivity index (χ0) is 17.8. The number of aromatic nitrogens is 4. The van der Waals surface area contributed by atoms with Gasteiger partial charge < -0.3 is 10.2 Å². The molecular formula is C18H20N6OS. The Morgan fingerprint density at radius 2 is 2.08 bits per heavy atom. The molecule has 0 unspecified atom stereocenters. The standard InChI is InChI=1S/C18H20N6OS/c25-17(16-3-1-10-26-16)23-11-14(12-24-15(13-23)5-9-22-24)4-8-21-18-19-6-2-7-20-18/h1-3,5-7,9-10,14H,4,8,11-13H2,(H,19,20,21)/t14-/m0/s1. The van der Waals surface area contributed by atoms with Gasteiger partial charge >= 0.3 is 0 Å². The van der Waals surface area contributed by atoms with Crippen molar-refractivity contribution in [1.29, 1.82) is 0 Å². The maximum atomic E-state index is 12.9. The van der Waals surface area contributed by atoms with E-state index in [4.69, 9.17) is 0 Å². The first kappa shape index (κ1) is 16.7. The number of nitrogens with zero attached hydrogens (tertiary/aromatic N) is 5. The van der Waals surface area contributed by atoms with Crippen molar-refractivity contribution in [3.8, 4) is 0 Å². The first-order chi connectivity index (χ1) is 12.8. The van der Waals surface area contributed by atoms with E-state index in [0.717, 1.165) is 36.6 Å². The van der Waals surface area contributed by atoms with Gasteiger partial charge in [-0.15, -0.1) is 11.3 Å². The SMILES string of the molecule is O=C(c1cccs1)N1Cc2ccnn2C[C@@H](CCNc2ncccn2)C1. The largest absolute Gasteiger partial charge is 0.354 e. The van der Waals surface area contributed by atoms with Crippen LogP contribution in [0.2, 0.25) is 0 Å². The molecule has 0 fully saturated rings. The summed E-state index contributed by atoms with van der Waals surface area (Å²) in [5.41, 5.74) is 1.08. The van der Waals surface area contributed by atoms with Gasteiger partial charge in [0, 0.05) is 38.2 Å². The van der Waals surface area contributed by atoms with E-state index >= 15 is 0 Å². The van der Waals surface area contributed by atoms with Crippen LogP contribution in [0, 0.1) is 5.92 Å². The number of anilines is 1. The van der Waals surface area contributed by atoms with Crippen molar-refractivity contribution in [2.45, 2.75) is 19.5 Å². The average Bonchev–Trinajstić information content (AvgIpc) is 3.31. The minimum atomic E-state index is 0.0963. The maximum Gasteiger partial charge on any atom is 0.264 e. The summed E-state index contributed by atoms with van der Waals surface area (Å²) < 4.78 is 2.02. The van der Waals surface area contributed by atoms with Crippen LogP contribution in [0.5, 0.6) is 0 Å². The molecule has 3 aromatic rings. The monoisotopic (exact) mass is 368 g/mol. The predicted octanol–water partition coefficient (Wildman–Crippen LogP) is 2.51. The third kappa shape index (κ3) is 3.75. The van der Waals surface area contributed by atoms with Crippen molar-refractivity contribution < 1.29 is 4.79 Å². The van der Waals surface area contributed by atoms with Crippen LogP contribution in [0.1, 0.15) is 21.8 Å². The van der Waals surface area contributed by atoms with Crippen LogP contribution in [0.4, 0.5) is 5.95 Å². The highest BCUT2D eigenvalue weighted by Crippen LogP contribution is 2.21. The van der Waals surface area contributed by atoms with Gasteiger partial charge in [-0.1, -0.05) is 6.07 Å². The molecule has 1 aliphatic heterocycles. The quantitative estimate of drug-likeness (QED) is 0.749. The Morgan fingerprint density at radius 1 is 1.19 bits per heavy atom. The summed E-state index contributed by atoms with van der Waals surface area (Å²) in [6, 6.07) is 7.59. The Labute approximate surface area is 155 Å². The number of fused-ring (bicyclic) bond motifs is 1. The Hall–Kier alpha value is -2.74. The number of amides is 1. The summed E-state index contributed by atoms with van der Waals surface area (Å²) in [5, 5.41) is 9.62. The molecule has 0 aromatic carbocycles. The lowest BCUT2D eigenvalue weighted by Crippen LogP contribution is -2.34. The smallest absolute Gasteiger partial charge is 0.264 e. The molecular weight excluding hydrogens is 348 g/mol. The highest BCUT2D eigenvalue weighted by molar-refractivity contribution is 7.12. The average molecular weight is 368 g/mol. The lowest BCUT2D eigenvalue weighted by Gasteiger charge is -2.23. The number of hydrogen-bond donors (Lipinski definition) is 1. The van der Waals surface area contributed by atoms with E-state index in [1.807, 2.05) is 39.4 Å². The van der Waals surface area contributed by atoms with E-state index in [-0.39, 0.29) is 5.91 Å². The van der Waals surface area contributed by atoms with Crippen LogP contribution in [0.25, 0.3) is 0 Å². The third-order valence-corrected chi connectivity index (χ3v) is 5.35. The second kappa shape index (κ2) is 7.65. The van der Waals surface area contributed by atoms with Gasteiger partial charge in [-0.2, -0.15) is 5.10 Å². The molecule has 1 aliphatic rings. The molecule has 3 aromatic heterocycles. The van der Waals surface area contributed by atoms with Crippen molar-refractivity contribution in [3.05, 3.63) is 58.8 Å². The van der Waals surface area contributed by atoms with Crippen molar-refractivity contribution >= 4 is 23.2 Å². The molecule has 4 rings (SSSR count). The summed E-state index contributed by atoms with van der Waals surface area (Å²) >= 11 is 1.49. The molecule has 0 radical (unpaired) electrons. The van der Waals surface area contributed by atoms with Crippen molar-refractivity contribution in [2.75, 3.05) is 18.4 Å². The predicted molar refractivity (Wildman–Crippen MR) is 99.9 cm³/mol. The fourth-order valence-electron chi connectivity index (χ4n) is 3.20. The van der Waals surface area contributed by atoms with Crippen molar-refractivity contribution in [3.63, 3.8) is 0 Å². The van der Waals surface area contributed by atoms with Crippen LogP contribution < -0.4 is 5.32 Å². The normalized spacial score (nSPS) is 16.8. The minimum Gasteiger partial charge on any atom is -0.354 e. The molecule has 7 nitrogen and oxygen atoms in total. The number of hydrogen-bond acceptors (Lipinski definition) is 6. The fourth-order valence-corrected chi connectivity index (χ4v) is 3.90. The first-order valence-corrected chi connectivity index (χ1v) is 9.52. The molecule has 1 amide bonds. The highest BCUT2D eigenvalue weighted by atomic mass is 32.1. The van der Waals surface area contributed by atoms with Crippen LogP contribution in [0.3, 0.4) is 0 Å². The number of thiophene rings is 1. The fraction of sp³-hybridized carbons (Fsp3) is 0.333. The zero-order valence-corrected chi connectivity index (χ0v) is 15.1. The molecule has 0 aliphatic carbocycles. The summed E-state index contributed by atoms with van der Waals surface area (Å²) in [7, 11) is 0. The Morgan fingerprint density at radius 3 is 2.88 bits per heavy atom. The Bertz CT molecular complexity index is 848. The summed E-state index contributed by atoms with van der Waals surface area (Å²) in [6.45, 7) is 2.89. The minimum absolute atomic E-state index is 0.0963. The molecule has 1 N–H and O–H groups in total. The number of carbonyl (C=O) groups excluding carboxylic acids is 1. The van der Waals surface area contributed by atoms with Gasteiger partial charge in [-0.3, -0.25) is 9.48 Å². The molecule has 134 valence electrons. The second-order valence-corrected chi connectivity index (χ2v) is 7.27. The van der Waals surface area contributed by atoms with E-state index in [9.17, 15) is 4.79 Å². The van der Waals surface area contributed by atoms with E-state index in [1.165, 1.54) is 11.3 Å². The summed E-state index contributed by atoms with van der Waals surface area (Å²) in [6.07, 6.45) is 6.16. The number of rotatable bonds is 5. The van der Waals surface area contributed by atoms with Gasteiger partial charge in [0.05, 0.1) is 17.1 Å². The Kier molecular flexibility index (Phi) is 4.92. The Balaban J connectivity index is 1.45. The maximum absolute atomic E-state index is 12.9. The molecule has 4 heterocycles. The molecule has 0 bridgehead atoms. The molecule has 26 heavy (non-hydrogen) atoms. The lowest BCUT2D eigenvalue weighted by atomic mass is 10.1. The van der Waals surface area contributed by atoms with Gasteiger partial charge in [0.1, 0.15) is 0 Å². The second-order valence-electron chi connectivity index (χ2n) is 6.32. The molecule has 0 saturated carbocycles. The molecule has 8 heteroatoms. The van der Waals surface area contributed by atoms with Crippen molar-refractivity contribution in [2.24, 2.45) is 5.92 Å². The lowest BCUT2D eigenvalue weighted by molar-refractivity contribution is 0.0724. The number of carbonyl (C=O) groups is 1. The molecule has 0 spiro atoms. The van der Waals surface area contributed by atoms with E-state index < -0.39 is 0 Å². The summed E-state index contributed by atoms with van der Waals surface area (Å²) in [5.74, 6) is 1.04.